The van der Waals surface area contributed by atoms with Gasteiger partial charge in [0, 0.05) is 109 Å². The van der Waals surface area contributed by atoms with Crippen molar-refractivity contribution >= 4 is 81.5 Å². The predicted octanol–water partition coefficient (Wildman–Crippen LogP) is 15.5. The Hall–Kier alpha value is -6.93. The Morgan fingerprint density at radius 1 is 0.514 bits per heavy atom. The quantitative estimate of drug-likeness (QED) is 0.0357. The van der Waals surface area contributed by atoms with Crippen LogP contribution in [0.15, 0.2) is 82.8 Å². The Kier molecular flexibility index (Phi) is 27.7. The molecule has 0 aromatic carbocycles. The molecular formula is C66H73B3Br2ClF17N12O10. The highest BCUT2D eigenvalue weighted by Crippen LogP contribution is 2.46. The highest BCUT2D eigenvalue weighted by Gasteiger charge is 2.64. The summed E-state index contributed by atoms with van der Waals surface area (Å²) in [5, 5.41) is 29.3. The summed E-state index contributed by atoms with van der Waals surface area (Å²) in [6.45, 7) is 23.8. The van der Waals surface area contributed by atoms with Crippen molar-refractivity contribution in [1.82, 2.24) is 49.1 Å². The number of alkyl halides is 12. The second-order valence-electron chi connectivity index (χ2n) is 29.2. The average molecular weight is 1750 g/mol. The van der Waals surface area contributed by atoms with E-state index < -0.39 is 166 Å². The number of pyridine rings is 4. The first kappa shape index (κ1) is 89.6. The van der Waals surface area contributed by atoms with Gasteiger partial charge in [0.25, 0.3) is 54.2 Å². The third-order valence-corrected chi connectivity index (χ3v) is 19.7. The SMILES string of the molecule is CC1(C)OB(B2OC(C)(C)C(C)(C)O2)OC1(C)C.CC1(C)OB(c2cnc(OC3CC(F)(F)C3)c(F)c2)OC1(C)C.Fc1cc(-c2cn3c(C(F)F)nnc3cn2)cnc1OC1CC(F)(F)C1.Fc1cc(Br)cnc1F.Fc1cc(Br)cnc1OC1CC(F)(F)C1.N=C(C(F)F)n1cc(Cl)ncc1=N.OC1CC(F)(F)C1. The van der Waals surface area contributed by atoms with Crippen LogP contribution in [0.5, 0.6) is 17.6 Å². The van der Waals surface area contributed by atoms with Gasteiger partial charge in [0.05, 0.1) is 57.8 Å². The maximum absolute atomic E-state index is 14.2. The maximum Gasteiger partial charge on any atom is 0.496 e. The van der Waals surface area contributed by atoms with Gasteiger partial charge < -0.3 is 47.2 Å². The summed E-state index contributed by atoms with van der Waals surface area (Å²) in [6.07, 6.45) is -2.26. The summed E-state index contributed by atoms with van der Waals surface area (Å²) in [5.74, 6) is -17.4. The highest BCUT2D eigenvalue weighted by atomic mass is 79.9. The van der Waals surface area contributed by atoms with Crippen LogP contribution in [0.25, 0.3) is 16.9 Å². The minimum Gasteiger partial charge on any atom is -0.472 e. The van der Waals surface area contributed by atoms with Crippen molar-refractivity contribution in [2.75, 3.05) is 0 Å². The Balaban J connectivity index is 0.000000168. The van der Waals surface area contributed by atoms with Crippen molar-refractivity contribution in [3.8, 4) is 28.9 Å². The molecule has 45 heteroatoms. The van der Waals surface area contributed by atoms with Crippen LogP contribution in [0.1, 0.15) is 147 Å². The number of aliphatic hydroxyl groups excluding tert-OH is 1. The minimum atomic E-state index is -2.94. The second kappa shape index (κ2) is 34.3. The van der Waals surface area contributed by atoms with E-state index in [-0.39, 0.29) is 87.4 Å². The van der Waals surface area contributed by atoms with Crippen molar-refractivity contribution in [3.63, 3.8) is 0 Å². The monoisotopic (exact) mass is 1740 g/mol. The number of ether oxygens (including phenoxy) is 3. The Morgan fingerprint density at radius 2 is 0.910 bits per heavy atom. The molecular weight excluding hydrogens is 1670 g/mol. The second-order valence-corrected chi connectivity index (χ2v) is 31.4. The standard InChI is InChI=1S/C15H19BF3NO3.C15H10F5N5O.C12H24B2O4.C9H7BrF3NO.C6H5ClF2N4.C5H2BrF2N.C4H6F2O/c1-13(2)14(3,4)23-16(22-13)9-5-11(17)12(20-8-9)21-10-6-15(18,19)7-10;16-9-1-7(4-22-14(9)26-8-2-15(19,20)3-8)10-6-25-11(5-21-10)23-24-13(25)12(17)18;1-9(2)10(3,4)16-13(15-9)14-17-11(5,6)12(7,8)18-14;10-5-1-7(11)8(14-4-5)15-6-2-9(12,13)3-6;7-3-2-13(4(10)1-12-3)6(11)5(8)9;6-3-1-4(7)5(8)9-2-3;5-4(6)1-3(7)2-4/h5,8,10H,6-7H2,1-4H3;1,4-6,8,12H,2-3H2;1-8H3;1,4,6H,2-3H2;1-2,5,10-11H;1-2H;3,7H,1-2H2. The summed E-state index contributed by atoms with van der Waals surface area (Å²) in [5.41, 5.74) is -1.94. The van der Waals surface area contributed by atoms with Crippen LogP contribution in [0.2, 0.25) is 5.15 Å². The molecule has 606 valence electrons. The van der Waals surface area contributed by atoms with Crippen LogP contribution in [-0.2, 0) is 27.9 Å². The molecule has 111 heavy (non-hydrogen) atoms. The lowest BCUT2D eigenvalue weighted by Gasteiger charge is -2.34. The van der Waals surface area contributed by atoms with Crippen molar-refractivity contribution in [2.45, 2.75) is 229 Å². The van der Waals surface area contributed by atoms with Crippen LogP contribution >= 0.6 is 43.5 Å². The first-order valence-electron chi connectivity index (χ1n) is 33.5. The van der Waals surface area contributed by atoms with Crippen LogP contribution < -0.4 is 25.2 Å². The van der Waals surface area contributed by atoms with Crippen molar-refractivity contribution < 1.29 is 122 Å². The molecule has 0 spiro atoms. The number of hydrogen-bond acceptors (Lipinski definition) is 20. The number of nitrogens with zero attached hydrogens (tertiary/aromatic N) is 10. The van der Waals surface area contributed by atoms with E-state index in [1.165, 1.54) is 49.3 Å². The van der Waals surface area contributed by atoms with E-state index in [4.69, 9.17) is 69.7 Å². The molecule has 4 saturated carbocycles. The third kappa shape index (κ3) is 23.2. The number of nitrogens with one attached hydrogen (secondary N) is 2. The molecule has 22 nitrogen and oxygen atoms in total. The van der Waals surface area contributed by atoms with E-state index in [1.54, 1.807) is 0 Å². The zero-order valence-electron chi connectivity index (χ0n) is 60.9. The van der Waals surface area contributed by atoms with Gasteiger partial charge in [-0.2, -0.15) is 4.39 Å². The lowest BCUT2D eigenvalue weighted by molar-refractivity contribution is -0.143. The van der Waals surface area contributed by atoms with E-state index in [0.29, 0.717) is 19.0 Å². The van der Waals surface area contributed by atoms with Crippen LogP contribution in [0.3, 0.4) is 0 Å². The molecule has 3 aliphatic heterocycles. The zero-order chi connectivity index (χ0) is 82.9. The summed E-state index contributed by atoms with van der Waals surface area (Å²) in [7, 11) is -1.68. The van der Waals surface area contributed by atoms with Gasteiger partial charge in [-0.25, -0.2) is 95.2 Å². The van der Waals surface area contributed by atoms with Gasteiger partial charge in [-0.05, 0) is 139 Å². The van der Waals surface area contributed by atoms with E-state index in [9.17, 15) is 74.6 Å². The van der Waals surface area contributed by atoms with Gasteiger partial charge in [0.2, 0.25) is 11.8 Å². The first-order valence-corrected chi connectivity index (χ1v) is 35.4. The zero-order valence-corrected chi connectivity index (χ0v) is 64.9. The van der Waals surface area contributed by atoms with E-state index >= 15 is 0 Å². The molecule has 3 saturated heterocycles. The largest absolute Gasteiger partial charge is 0.496 e. The summed E-state index contributed by atoms with van der Waals surface area (Å²) in [6, 6.07) is 4.45. The number of fused-ring (bicyclic) bond motifs is 1. The Morgan fingerprint density at radius 3 is 1.28 bits per heavy atom. The molecule has 0 bridgehead atoms. The van der Waals surface area contributed by atoms with Crippen LogP contribution in [-0.4, -0.2) is 169 Å². The smallest absolute Gasteiger partial charge is 0.472 e. The van der Waals surface area contributed by atoms with E-state index in [2.05, 4.69) is 72.0 Å². The Bertz CT molecular complexity index is 4400. The fourth-order valence-electron chi connectivity index (χ4n) is 10.2. The van der Waals surface area contributed by atoms with Crippen molar-refractivity contribution in [1.29, 1.82) is 10.8 Å². The highest BCUT2D eigenvalue weighted by molar-refractivity contribution is 9.10. The minimum absolute atomic E-state index is 0.0404. The van der Waals surface area contributed by atoms with E-state index in [0.717, 1.165) is 28.9 Å². The fraction of sp³-hybridized carbons (Fsp3) is 0.545. The summed E-state index contributed by atoms with van der Waals surface area (Å²) in [4.78, 5) is 21.9. The normalized spacial score (nSPS) is 20.9. The van der Waals surface area contributed by atoms with E-state index in [1.807, 2.05) is 83.1 Å². The molecule has 14 rings (SSSR count). The maximum atomic E-state index is 14.2. The lowest BCUT2D eigenvalue weighted by atomic mass is 9.49. The molecule has 0 atom stereocenters. The van der Waals surface area contributed by atoms with Gasteiger partial charge in [-0.1, -0.05) is 11.6 Å². The van der Waals surface area contributed by atoms with Crippen LogP contribution in [0.4, 0.5) is 74.6 Å². The number of aromatic nitrogens is 10. The molecule has 7 aliphatic rings. The lowest BCUT2D eigenvalue weighted by Crippen LogP contribution is -2.43. The first-order chi connectivity index (χ1) is 51.0. The molecule has 7 fully saturated rings. The number of halogens is 20. The molecule has 10 heterocycles. The average Bonchev–Trinajstić information content (AvgIpc) is 1.60. The van der Waals surface area contributed by atoms with Gasteiger partial charge in [0.1, 0.15) is 29.0 Å². The molecule has 7 aromatic rings. The summed E-state index contributed by atoms with van der Waals surface area (Å²) >= 11 is 11.4. The van der Waals surface area contributed by atoms with Gasteiger partial charge in [-0.3, -0.25) is 24.8 Å². The predicted molar refractivity (Wildman–Crippen MR) is 373 cm³/mol. The summed E-state index contributed by atoms with van der Waals surface area (Å²) < 4.78 is 268. The molecule has 0 radical (unpaired) electrons. The Labute approximate surface area is 646 Å². The number of hydrogen-bond donors (Lipinski definition) is 3. The van der Waals surface area contributed by atoms with Gasteiger partial charge in [-0.15, -0.1) is 10.2 Å². The van der Waals surface area contributed by atoms with Crippen molar-refractivity contribution in [2.24, 2.45) is 0 Å². The van der Waals surface area contributed by atoms with Gasteiger partial charge >= 0.3 is 21.1 Å². The molecule has 3 N–H and O–H groups in total. The third-order valence-electron chi connectivity index (χ3n) is 18.6. The number of rotatable bonds is 11. The molecule has 0 amide bonds. The van der Waals surface area contributed by atoms with Gasteiger partial charge in [0.15, 0.2) is 34.8 Å². The topological polar surface area (TPSA) is 263 Å². The number of aliphatic hydroxyl groups is 1. The van der Waals surface area contributed by atoms with Crippen LogP contribution in [0, 0.1) is 40.0 Å². The molecule has 0 unspecified atom stereocenters. The fourth-order valence-corrected chi connectivity index (χ4v) is 10.9. The van der Waals surface area contributed by atoms with Crippen molar-refractivity contribution in [3.05, 3.63) is 128 Å². The molecule has 7 aromatic heterocycles. The molecule has 4 aliphatic carbocycles.